The molecule has 0 aliphatic rings. The van der Waals surface area contributed by atoms with Gasteiger partial charge in [0.2, 0.25) is 0 Å². The molecule has 0 aromatic carbocycles. The van der Waals surface area contributed by atoms with Crippen LogP contribution >= 0.6 is 0 Å². The molecule has 0 fully saturated rings. The highest BCUT2D eigenvalue weighted by Crippen LogP contribution is 2.24. The summed E-state index contributed by atoms with van der Waals surface area (Å²) in [4.78, 5) is 12.0. The summed E-state index contributed by atoms with van der Waals surface area (Å²) in [6, 6.07) is 0. The van der Waals surface area contributed by atoms with E-state index in [2.05, 4.69) is 0 Å². The van der Waals surface area contributed by atoms with E-state index < -0.39 is 0 Å². The quantitative estimate of drug-likeness (QED) is 0.767. The zero-order chi connectivity index (χ0) is 13.9. The molecule has 0 aliphatic carbocycles. The molecule has 1 aromatic rings. The molecule has 1 aromatic heterocycles. The van der Waals surface area contributed by atoms with Crippen LogP contribution in [0.2, 0.25) is 0 Å². The number of hydrogen-bond acceptors (Lipinski definition) is 3. The summed E-state index contributed by atoms with van der Waals surface area (Å²) in [5.74, 6) is 0.870. The lowest BCUT2D eigenvalue weighted by Gasteiger charge is -2.09. The van der Waals surface area contributed by atoms with Gasteiger partial charge in [-0.2, -0.15) is 0 Å². The summed E-state index contributed by atoms with van der Waals surface area (Å²) in [5.41, 5.74) is 3.13. The van der Waals surface area contributed by atoms with Crippen LogP contribution in [0.15, 0.2) is 26.9 Å². The highest BCUT2D eigenvalue weighted by molar-refractivity contribution is 5.65. The number of allylic oxidation sites excluding steroid dienone is 4. The molecule has 3 heteroatoms. The summed E-state index contributed by atoms with van der Waals surface area (Å²) >= 11 is 0. The number of ether oxygens (including phenoxy) is 1. The first-order valence-electron chi connectivity index (χ1n) is 5.92. The molecule has 0 saturated carbocycles. The van der Waals surface area contributed by atoms with Crippen molar-refractivity contribution in [1.29, 1.82) is 0 Å². The first kappa shape index (κ1) is 14.3. The molecule has 0 aliphatic heterocycles. The van der Waals surface area contributed by atoms with Crippen LogP contribution in [0.1, 0.15) is 37.7 Å². The highest BCUT2D eigenvalue weighted by Gasteiger charge is 2.14. The summed E-state index contributed by atoms with van der Waals surface area (Å²) in [6.45, 7) is 9.38. The molecule has 0 bridgehead atoms. The SMILES string of the molecule is C/C=C(C)/C=C(\C)c1oc(OC)c(C)c(=O)c1C. The molecule has 1 rings (SSSR count). The first-order valence-corrected chi connectivity index (χ1v) is 5.92. The van der Waals surface area contributed by atoms with E-state index >= 15 is 0 Å². The normalized spacial score (nSPS) is 12.8. The van der Waals surface area contributed by atoms with E-state index in [9.17, 15) is 4.79 Å². The van der Waals surface area contributed by atoms with Crippen LogP contribution in [0, 0.1) is 13.8 Å². The zero-order valence-corrected chi connectivity index (χ0v) is 11.9. The molecule has 1 heterocycles. The van der Waals surface area contributed by atoms with Crippen LogP contribution in [-0.4, -0.2) is 7.11 Å². The van der Waals surface area contributed by atoms with Crippen molar-refractivity contribution >= 4 is 5.57 Å². The molecule has 0 spiro atoms. The van der Waals surface area contributed by atoms with E-state index in [1.165, 1.54) is 7.11 Å². The van der Waals surface area contributed by atoms with Crippen molar-refractivity contribution < 1.29 is 9.15 Å². The Labute approximate surface area is 108 Å². The maximum absolute atomic E-state index is 12.0. The van der Waals surface area contributed by atoms with E-state index in [-0.39, 0.29) is 11.4 Å². The minimum Gasteiger partial charge on any atom is -0.468 e. The Morgan fingerprint density at radius 3 is 2.33 bits per heavy atom. The van der Waals surface area contributed by atoms with Crippen LogP contribution in [0.5, 0.6) is 5.95 Å². The smallest absolute Gasteiger partial charge is 0.291 e. The van der Waals surface area contributed by atoms with Gasteiger partial charge in [-0.25, -0.2) is 0 Å². The Morgan fingerprint density at radius 1 is 1.22 bits per heavy atom. The fourth-order valence-electron chi connectivity index (χ4n) is 1.78. The molecule has 0 atom stereocenters. The average Bonchev–Trinajstić information content (AvgIpc) is 2.36. The third-order valence-corrected chi connectivity index (χ3v) is 2.97. The second-order valence-corrected chi connectivity index (χ2v) is 4.36. The lowest BCUT2D eigenvalue weighted by Crippen LogP contribution is -2.12. The van der Waals surface area contributed by atoms with Crippen molar-refractivity contribution in [2.24, 2.45) is 0 Å². The van der Waals surface area contributed by atoms with Crippen LogP contribution in [0.25, 0.3) is 5.57 Å². The van der Waals surface area contributed by atoms with Crippen LogP contribution in [0.3, 0.4) is 0 Å². The Morgan fingerprint density at radius 2 is 1.83 bits per heavy atom. The number of rotatable bonds is 3. The van der Waals surface area contributed by atoms with Crippen molar-refractivity contribution in [2.45, 2.75) is 34.6 Å². The van der Waals surface area contributed by atoms with E-state index in [1.54, 1.807) is 13.8 Å². The second-order valence-electron chi connectivity index (χ2n) is 4.36. The lowest BCUT2D eigenvalue weighted by molar-refractivity contribution is 0.288. The monoisotopic (exact) mass is 248 g/mol. The lowest BCUT2D eigenvalue weighted by atomic mass is 10.1. The summed E-state index contributed by atoms with van der Waals surface area (Å²) in [5, 5.41) is 0. The predicted octanol–water partition coefficient (Wildman–Crippen LogP) is 3.63. The minimum absolute atomic E-state index is 0.0287. The Bertz CT molecular complexity index is 560. The van der Waals surface area contributed by atoms with E-state index in [0.29, 0.717) is 16.9 Å². The van der Waals surface area contributed by atoms with Gasteiger partial charge < -0.3 is 9.15 Å². The second kappa shape index (κ2) is 5.71. The summed E-state index contributed by atoms with van der Waals surface area (Å²) in [6.07, 6.45) is 3.99. The minimum atomic E-state index is -0.0287. The molecule has 0 unspecified atom stereocenters. The van der Waals surface area contributed by atoms with E-state index in [0.717, 1.165) is 11.1 Å². The zero-order valence-electron chi connectivity index (χ0n) is 11.9. The van der Waals surface area contributed by atoms with Crippen LogP contribution < -0.4 is 10.2 Å². The molecule has 0 saturated heterocycles. The maximum Gasteiger partial charge on any atom is 0.291 e. The van der Waals surface area contributed by atoms with Crippen molar-refractivity contribution in [1.82, 2.24) is 0 Å². The van der Waals surface area contributed by atoms with Crippen LogP contribution in [-0.2, 0) is 0 Å². The fourth-order valence-corrected chi connectivity index (χ4v) is 1.78. The van der Waals surface area contributed by atoms with Crippen molar-refractivity contribution in [3.8, 4) is 5.95 Å². The Kier molecular flexibility index (Phi) is 4.54. The Balaban J connectivity index is 3.47. The van der Waals surface area contributed by atoms with Gasteiger partial charge in [-0.15, -0.1) is 0 Å². The maximum atomic E-state index is 12.0. The predicted molar refractivity (Wildman–Crippen MR) is 74.1 cm³/mol. The van der Waals surface area contributed by atoms with Gasteiger partial charge in [0.25, 0.3) is 5.95 Å². The molecule has 98 valence electrons. The molecule has 0 radical (unpaired) electrons. The van der Waals surface area contributed by atoms with Crippen molar-refractivity contribution in [3.05, 3.63) is 44.8 Å². The van der Waals surface area contributed by atoms with Crippen LogP contribution in [0.4, 0.5) is 0 Å². The molecular weight excluding hydrogens is 228 g/mol. The molecule has 3 nitrogen and oxygen atoms in total. The fraction of sp³-hybridized carbons (Fsp3) is 0.400. The number of methoxy groups -OCH3 is 1. The van der Waals surface area contributed by atoms with Crippen molar-refractivity contribution in [2.75, 3.05) is 7.11 Å². The number of hydrogen-bond donors (Lipinski definition) is 0. The van der Waals surface area contributed by atoms with Gasteiger partial charge in [0.1, 0.15) is 5.76 Å². The molecule has 0 N–H and O–H groups in total. The van der Waals surface area contributed by atoms with Gasteiger partial charge in [-0.05, 0) is 40.2 Å². The molecule has 18 heavy (non-hydrogen) atoms. The molecule has 0 amide bonds. The topological polar surface area (TPSA) is 39.4 Å². The molecular formula is C15H20O3. The van der Waals surface area contributed by atoms with Gasteiger partial charge in [0.05, 0.1) is 12.7 Å². The van der Waals surface area contributed by atoms with Gasteiger partial charge in [-0.1, -0.05) is 17.7 Å². The van der Waals surface area contributed by atoms with Crippen molar-refractivity contribution in [3.63, 3.8) is 0 Å². The third-order valence-electron chi connectivity index (χ3n) is 2.97. The van der Waals surface area contributed by atoms with Gasteiger partial charge in [-0.3, -0.25) is 4.79 Å². The standard InChI is InChI=1S/C15H20O3/c1-7-9(2)8-10(3)14-11(4)13(16)12(5)15(17-6)18-14/h7-8H,1-6H3/b9-7+,10-8+. The van der Waals surface area contributed by atoms with E-state index in [1.807, 2.05) is 32.9 Å². The highest BCUT2D eigenvalue weighted by atomic mass is 16.6. The average molecular weight is 248 g/mol. The Hall–Kier alpha value is -1.77. The third kappa shape index (κ3) is 2.73. The first-order chi connectivity index (χ1) is 8.42. The summed E-state index contributed by atoms with van der Waals surface area (Å²) < 4.78 is 10.8. The summed E-state index contributed by atoms with van der Waals surface area (Å²) in [7, 11) is 1.50. The van der Waals surface area contributed by atoms with Gasteiger partial charge >= 0.3 is 0 Å². The largest absolute Gasteiger partial charge is 0.468 e. The van der Waals surface area contributed by atoms with Gasteiger partial charge in [0, 0.05) is 5.56 Å². The van der Waals surface area contributed by atoms with Gasteiger partial charge in [0.15, 0.2) is 5.43 Å². The van der Waals surface area contributed by atoms with E-state index in [4.69, 9.17) is 9.15 Å².